The van der Waals surface area contributed by atoms with Crippen LogP contribution in [0.25, 0.3) is 10.6 Å². The molecule has 0 aliphatic carbocycles. The van der Waals surface area contributed by atoms with E-state index in [1.54, 1.807) is 11.3 Å². The zero-order valence-electron chi connectivity index (χ0n) is 9.00. The van der Waals surface area contributed by atoms with E-state index in [0.29, 0.717) is 0 Å². The molecule has 0 saturated heterocycles. The van der Waals surface area contributed by atoms with Gasteiger partial charge in [0, 0.05) is 12.6 Å². The molecule has 0 fully saturated rings. The van der Waals surface area contributed by atoms with Crippen LogP contribution in [0.15, 0.2) is 26.5 Å². The third-order valence-electron chi connectivity index (χ3n) is 2.11. The summed E-state index contributed by atoms with van der Waals surface area (Å²) in [5.41, 5.74) is 0.952. The van der Waals surface area contributed by atoms with Crippen molar-refractivity contribution in [1.82, 2.24) is 10.5 Å². The minimum absolute atomic E-state index is 0.768. The molecule has 16 heavy (non-hydrogen) atoms. The topological polar surface area (TPSA) is 38.1 Å². The number of rotatable bonds is 5. The fourth-order valence-electron chi connectivity index (χ4n) is 1.35. The van der Waals surface area contributed by atoms with Crippen LogP contribution >= 0.6 is 27.3 Å². The van der Waals surface area contributed by atoms with Crippen molar-refractivity contribution in [3.05, 3.63) is 27.7 Å². The van der Waals surface area contributed by atoms with Gasteiger partial charge in [0.15, 0.2) is 5.76 Å². The highest BCUT2D eigenvalue weighted by Gasteiger charge is 2.08. The van der Waals surface area contributed by atoms with Gasteiger partial charge in [-0.1, -0.05) is 12.1 Å². The summed E-state index contributed by atoms with van der Waals surface area (Å²) in [5.74, 6) is 0.837. The number of halogens is 1. The molecular weight excluding hydrogens is 288 g/mol. The molecule has 0 aliphatic heterocycles. The molecular formula is C11H13BrN2OS. The second-order valence-corrected chi connectivity index (χ2v) is 5.93. The quantitative estimate of drug-likeness (QED) is 0.856. The van der Waals surface area contributed by atoms with Crippen molar-refractivity contribution < 1.29 is 4.52 Å². The number of aromatic nitrogens is 1. The molecule has 2 aromatic rings. The Morgan fingerprint density at radius 1 is 1.50 bits per heavy atom. The Morgan fingerprint density at radius 3 is 3.06 bits per heavy atom. The van der Waals surface area contributed by atoms with Crippen LogP contribution < -0.4 is 5.32 Å². The standard InChI is InChI=1S/C11H13BrN2OS/c1-2-5-13-7-8-6-9(15-14-8)10-3-4-11(12)16-10/h3-4,6,13H,2,5,7H2,1H3. The Bertz CT molecular complexity index is 452. The molecule has 0 saturated carbocycles. The lowest BCUT2D eigenvalue weighted by Gasteiger charge is -1.96. The van der Waals surface area contributed by atoms with Gasteiger partial charge in [-0.05, 0) is 41.0 Å². The summed E-state index contributed by atoms with van der Waals surface area (Å²) in [7, 11) is 0. The lowest BCUT2D eigenvalue weighted by Crippen LogP contribution is -2.13. The van der Waals surface area contributed by atoms with Crippen LogP contribution in [0.2, 0.25) is 0 Å². The molecule has 86 valence electrons. The monoisotopic (exact) mass is 300 g/mol. The van der Waals surface area contributed by atoms with Crippen LogP contribution in [0.4, 0.5) is 0 Å². The Labute approximate surface area is 107 Å². The van der Waals surface area contributed by atoms with Crippen molar-refractivity contribution >= 4 is 27.3 Å². The average Bonchev–Trinajstić information content (AvgIpc) is 2.87. The summed E-state index contributed by atoms with van der Waals surface area (Å²) in [6.45, 7) is 3.92. The van der Waals surface area contributed by atoms with Crippen molar-refractivity contribution in [2.24, 2.45) is 0 Å². The number of thiophene rings is 1. The zero-order chi connectivity index (χ0) is 11.4. The van der Waals surface area contributed by atoms with Crippen LogP contribution in [0.1, 0.15) is 19.0 Å². The molecule has 0 radical (unpaired) electrons. The summed E-state index contributed by atoms with van der Waals surface area (Å²) in [6, 6.07) is 6.02. The highest BCUT2D eigenvalue weighted by atomic mass is 79.9. The van der Waals surface area contributed by atoms with Gasteiger partial charge in [-0.25, -0.2) is 0 Å². The maximum Gasteiger partial charge on any atom is 0.177 e. The first-order valence-corrected chi connectivity index (χ1v) is 6.82. The molecule has 2 rings (SSSR count). The largest absolute Gasteiger partial charge is 0.355 e. The van der Waals surface area contributed by atoms with Crippen LogP contribution in [0.3, 0.4) is 0 Å². The van der Waals surface area contributed by atoms with Crippen LogP contribution in [-0.2, 0) is 6.54 Å². The fraction of sp³-hybridized carbons (Fsp3) is 0.364. The predicted octanol–water partition coefficient (Wildman–Crippen LogP) is 3.67. The van der Waals surface area contributed by atoms with E-state index in [9.17, 15) is 0 Å². The van der Waals surface area contributed by atoms with Gasteiger partial charge in [0.05, 0.1) is 14.4 Å². The number of nitrogens with one attached hydrogen (secondary N) is 1. The zero-order valence-corrected chi connectivity index (χ0v) is 11.4. The van der Waals surface area contributed by atoms with Gasteiger partial charge in [0.25, 0.3) is 0 Å². The first-order valence-electron chi connectivity index (χ1n) is 5.21. The maximum atomic E-state index is 5.29. The van der Waals surface area contributed by atoms with Crippen LogP contribution in [0.5, 0.6) is 0 Å². The smallest absolute Gasteiger partial charge is 0.177 e. The molecule has 5 heteroatoms. The molecule has 0 bridgehead atoms. The SMILES string of the molecule is CCCNCc1cc(-c2ccc(Br)s2)on1. The van der Waals surface area contributed by atoms with E-state index in [4.69, 9.17) is 4.52 Å². The van der Waals surface area contributed by atoms with Gasteiger partial charge >= 0.3 is 0 Å². The molecule has 0 aliphatic rings. The summed E-state index contributed by atoms with van der Waals surface area (Å²) >= 11 is 5.08. The van der Waals surface area contributed by atoms with Crippen molar-refractivity contribution in [2.75, 3.05) is 6.54 Å². The van der Waals surface area contributed by atoms with Crippen LogP contribution in [0, 0.1) is 0 Å². The molecule has 1 N–H and O–H groups in total. The van der Waals surface area contributed by atoms with Crippen LogP contribution in [-0.4, -0.2) is 11.7 Å². The molecule has 0 atom stereocenters. The second-order valence-electron chi connectivity index (χ2n) is 3.46. The Balaban J connectivity index is 2.02. The second kappa shape index (κ2) is 5.61. The van der Waals surface area contributed by atoms with E-state index in [2.05, 4.69) is 33.3 Å². The van der Waals surface area contributed by atoms with Gasteiger partial charge in [0.2, 0.25) is 0 Å². The van der Waals surface area contributed by atoms with Gasteiger partial charge in [-0.2, -0.15) is 0 Å². The van der Waals surface area contributed by atoms with E-state index in [-0.39, 0.29) is 0 Å². The van der Waals surface area contributed by atoms with Crippen molar-refractivity contribution in [2.45, 2.75) is 19.9 Å². The summed E-state index contributed by atoms with van der Waals surface area (Å²) < 4.78 is 6.40. The molecule has 0 unspecified atom stereocenters. The number of hydrogen-bond acceptors (Lipinski definition) is 4. The summed E-state index contributed by atoms with van der Waals surface area (Å²) in [6.07, 6.45) is 1.13. The highest BCUT2D eigenvalue weighted by Crippen LogP contribution is 2.31. The normalized spacial score (nSPS) is 10.9. The lowest BCUT2D eigenvalue weighted by atomic mass is 10.3. The fourth-order valence-corrected chi connectivity index (χ4v) is 2.69. The lowest BCUT2D eigenvalue weighted by molar-refractivity contribution is 0.421. The maximum absolute atomic E-state index is 5.29. The first-order chi connectivity index (χ1) is 7.79. The number of hydrogen-bond donors (Lipinski definition) is 1. The Kier molecular flexibility index (Phi) is 4.15. The predicted molar refractivity (Wildman–Crippen MR) is 69.5 cm³/mol. The highest BCUT2D eigenvalue weighted by molar-refractivity contribution is 9.11. The average molecular weight is 301 g/mol. The molecule has 0 spiro atoms. The number of nitrogens with zero attached hydrogens (tertiary/aromatic N) is 1. The molecule has 2 heterocycles. The summed E-state index contributed by atoms with van der Waals surface area (Å²) in [5, 5.41) is 7.32. The summed E-state index contributed by atoms with van der Waals surface area (Å²) in [4.78, 5) is 1.10. The third-order valence-corrected chi connectivity index (χ3v) is 3.75. The minimum atomic E-state index is 0.768. The van der Waals surface area contributed by atoms with Gasteiger partial charge < -0.3 is 9.84 Å². The molecule has 0 aromatic carbocycles. The van der Waals surface area contributed by atoms with E-state index in [1.807, 2.05) is 18.2 Å². The van der Waals surface area contributed by atoms with Gasteiger partial charge in [-0.3, -0.25) is 0 Å². The van der Waals surface area contributed by atoms with Crippen molar-refractivity contribution in [3.8, 4) is 10.6 Å². The Morgan fingerprint density at radius 2 is 2.38 bits per heavy atom. The van der Waals surface area contributed by atoms with Gasteiger partial charge in [-0.15, -0.1) is 11.3 Å². The third kappa shape index (κ3) is 2.93. The van der Waals surface area contributed by atoms with E-state index < -0.39 is 0 Å². The van der Waals surface area contributed by atoms with Crippen molar-refractivity contribution in [3.63, 3.8) is 0 Å². The first kappa shape index (κ1) is 11.8. The van der Waals surface area contributed by atoms with Crippen molar-refractivity contribution in [1.29, 1.82) is 0 Å². The molecule has 2 aromatic heterocycles. The minimum Gasteiger partial charge on any atom is -0.355 e. The van der Waals surface area contributed by atoms with Gasteiger partial charge in [0.1, 0.15) is 0 Å². The molecule has 3 nitrogen and oxygen atoms in total. The Hall–Kier alpha value is -0.650. The van der Waals surface area contributed by atoms with E-state index in [1.165, 1.54) is 0 Å². The van der Waals surface area contributed by atoms with E-state index >= 15 is 0 Å². The molecule has 0 amide bonds. The van der Waals surface area contributed by atoms with E-state index in [0.717, 1.165) is 39.6 Å².